The van der Waals surface area contributed by atoms with Gasteiger partial charge in [0.05, 0.1) is 0 Å². The first-order valence-electron chi connectivity index (χ1n) is 4.95. The molecule has 1 saturated heterocycles. The summed E-state index contributed by atoms with van der Waals surface area (Å²) in [6.45, 7) is 4.50. The minimum atomic E-state index is -0.799. The fourth-order valence-corrected chi connectivity index (χ4v) is 1.45. The van der Waals surface area contributed by atoms with Gasteiger partial charge in [0, 0.05) is 19.1 Å². The summed E-state index contributed by atoms with van der Waals surface area (Å²) in [6.07, 6.45) is 2.88. The van der Waals surface area contributed by atoms with Gasteiger partial charge in [-0.1, -0.05) is 19.8 Å². The van der Waals surface area contributed by atoms with E-state index in [9.17, 15) is 4.79 Å². The lowest BCUT2D eigenvalue weighted by Gasteiger charge is -2.37. The van der Waals surface area contributed by atoms with Gasteiger partial charge < -0.3 is 15.3 Å². The monoisotopic (exact) mass is 186 g/mol. The Bertz CT molecular complexity index is 167. The van der Waals surface area contributed by atoms with E-state index >= 15 is 0 Å². The zero-order valence-corrected chi connectivity index (χ0v) is 8.12. The normalized spacial score (nSPS) is 17.2. The second-order valence-electron chi connectivity index (χ2n) is 3.55. The highest BCUT2D eigenvalue weighted by Gasteiger charge is 2.29. The number of carboxylic acid groups (broad SMARTS) is 1. The fourth-order valence-electron chi connectivity index (χ4n) is 1.45. The molecule has 1 heterocycles. The molecule has 76 valence electrons. The maximum Gasteiger partial charge on any atom is 0.407 e. The standard InChI is InChI=1S/C9H18N2O2/c1-2-3-4-5-10-8-6-11(7-8)9(12)13/h8,10H,2-7H2,1H3,(H,12,13). The van der Waals surface area contributed by atoms with E-state index in [0.29, 0.717) is 19.1 Å². The van der Waals surface area contributed by atoms with E-state index in [4.69, 9.17) is 5.11 Å². The molecule has 0 saturated carbocycles. The van der Waals surface area contributed by atoms with Crippen LogP contribution < -0.4 is 5.32 Å². The fraction of sp³-hybridized carbons (Fsp3) is 0.889. The molecule has 0 aromatic carbocycles. The van der Waals surface area contributed by atoms with Crippen molar-refractivity contribution in [2.75, 3.05) is 19.6 Å². The third-order valence-electron chi connectivity index (χ3n) is 2.37. The number of carbonyl (C=O) groups is 1. The second-order valence-corrected chi connectivity index (χ2v) is 3.55. The van der Waals surface area contributed by atoms with Crippen molar-refractivity contribution in [3.05, 3.63) is 0 Å². The SMILES string of the molecule is CCCCCNC1CN(C(=O)O)C1. The number of amides is 1. The maximum absolute atomic E-state index is 10.4. The van der Waals surface area contributed by atoms with Crippen LogP contribution in [0.1, 0.15) is 26.2 Å². The summed E-state index contributed by atoms with van der Waals surface area (Å²) in [5.41, 5.74) is 0. The first-order chi connectivity index (χ1) is 6.24. The second kappa shape index (κ2) is 5.07. The van der Waals surface area contributed by atoms with E-state index < -0.39 is 6.09 Å². The van der Waals surface area contributed by atoms with E-state index in [2.05, 4.69) is 12.2 Å². The quantitative estimate of drug-likeness (QED) is 0.633. The summed E-state index contributed by atoms with van der Waals surface area (Å²) in [5.74, 6) is 0. The Labute approximate surface area is 78.9 Å². The lowest BCUT2D eigenvalue weighted by Crippen LogP contribution is -2.59. The first-order valence-corrected chi connectivity index (χ1v) is 4.95. The van der Waals surface area contributed by atoms with E-state index in [1.807, 2.05) is 0 Å². The molecule has 0 bridgehead atoms. The van der Waals surface area contributed by atoms with Gasteiger partial charge in [0.1, 0.15) is 0 Å². The molecule has 2 N–H and O–H groups in total. The van der Waals surface area contributed by atoms with Gasteiger partial charge in [-0.3, -0.25) is 0 Å². The topological polar surface area (TPSA) is 52.6 Å². The molecule has 13 heavy (non-hydrogen) atoms. The van der Waals surface area contributed by atoms with Crippen LogP contribution in [-0.4, -0.2) is 41.8 Å². The van der Waals surface area contributed by atoms with Gasteiger partial charge in [0.2, 0.25) is 0 Å². The highest BCUT2D eigenvalue weighted by molar-refractivity contribution is 5.66. The molecule has 0 aromatic heterocycles. The van der Waals surface area contributed by atoms with Crippen LogP contribution in [0.4, 0.5) is 4.79 Å². The van der Waals surface area contributed by atoms with Crippen LogP contribution in [0, 0.1) is 0 Å². The molecule has 0 unspecified atom stereocenters. The molecule has 1 aliphatic rings. The van der Waals surface area contributed by atoms with Crippen molar-refractivity contribution in [2.24, 2.45) is 0 Å². The third kappa shape index (κ3) is 3.22. The lowest BCUT2D eigenvalue weighted by molar-refractivity contribution is 0.0960. The van der Waals surface area contributed by atoms with Crippen molar-refractivity contribution in [3.8, 4) is 0 Å². The molecule has 0 spiro atoms. The van der Waals surface area contributed by atoms with E-state index in [0.717, 1.165) is 6.54 Å². The summed E-state index contributed by atoms with van der Waals surface area (Å²) in [6, 6.07) is 0.396. The van der Waals surface area contributed by atoms with E-state index in [1.54, 1.807) is 0 Å². The van der Waals surface area contributed by atoms with Gasteiger partial charge in [0.25, 0.3) is 0 Å². The summed E-state index contributed by atoms with van der Waals surface area (Å²) in [4.78, 5) is 11.8. The number of nitrogens with one attached hydrogen (secondary N) is 1. The zero-order valence-electron chi connectivity index (χ0n) is 8.12. The number of unbranched alkanes of at least 4 members (excludes halogenated alkanes) is 2. The molecular formula is C9H18N2O2. The van der Waals surface area contributed by atoms with Crippen molar-refractivity contribution in [3.63, 3.8) is 0 Å². The molecule has 0 aromatic rings. The van der Waals surface area contributed by atoms with Crippen LogP contribution in [0.5, 0.6) is 0 Å². The summed E-state index contributed by atoms with van der Waals surface area (Å²) < 4.78 is 0. The number of rotatable bonds is 5. The predicted molar refractivity (Wildman–Crippen MR) is 50.9 cm³/mol. The molecule has 1 rings (SSSR count). The van der Waals surface area contributed by atoms with Crippen molar-refractivity contribution >= 4 is 6.09 Å². The highest BCUT2D eigenvalue weighted by Crippen LogP contribution is 2.07. The molecule has 0 aliphatic carbocycles. The van der Waals surface area contributed by atoms with Crippen molar-refractivity contribution in [1.29, 1.82) is 0 Å². The van der Waals surface area contributed by atoms with Crippen molar-refractivity contribution < 1.29 is 9.90 Å². The van der Waals surface area contributed by atoms with Gasteiger partial charge in [-0.15, -0.1) is 0 Å². The van der Waals surface area contributed by atoms with E-state index in [1.165, 1.54) is 24.2 Å². The van der Waals surface area contributed by atoms with Gasteiger partial charge in [0.15, 0.2) is 0 Å². The largest absolute Gasteiger partial charge is 0.465 e. The summed E-state index contributed by atoms with van der Waals surface area (Å²) in [5, 5.41) is 11.9. The van der Waals surface area contributed by atoms with Crippen LogP contribution in [-0.2, 0) is 0 Å². The lowest BCUT2D eigenvalue weighted by atomic mass is 10.1. The van der Waals surface area contributed by atoms with Crippen LogP contribution >= 0.6 is 0 Å². The van der Waals surface area contributed by atoms with Gasteiger partial charge in [-0.25, -0.2) is 4.79 Å². The van der Waals surface area contributed by atoms with Crippen LogP contribution in [0.2, 0.25) is 0 Å². The average molecular weight is 186 g/mol. The van der Waals surface area contributed by atoms with Crippen molar-refractivity contribution in [1.82, 2.24) is 10.2 Å². The molecular weight excluding hydrogens is 168 g/mol. The summed E-state index contributed by atoms with van der Waals surface area (Å²) >= 11 is 0. The van der Waals surface area contributed by atoms with Crippen LogP contribution in [0.25, 0.3) is 0 Å². The van der Waals surface area contributed by atoms with Crippen LogP contribution in [0.15, 0.2) is 0 Å². The molecule has 0 atom stereocenters. The predicted octanol–water partition coefficient (Wildman–Crippen LogP) is 1.13. The molecule has 0 radical (unpaired) electrons. The average Bonchev–Trinajstić information content (AvgIpc) is 2.00. The Balaban J connectivity index is 1.93. The maximum atomic E-state index is 10.4. The van der Waals surface area contributed by atoms with Crippen molar-refractivity contribution in [2.45, 2.75) is 32.2 Å². The molecule has 4 heteroatoms. The van der Waals surface area contributed by atoms with Gasteiger partial charge in [-0.05, 0) is 13.0 Å². The number of hydrogen-bond donors (Lipinski definition) is 2. The molecule has 4 nitrogen and oxygen atoms in total. The zero-order chi connectivity index (χ0) is 9.68. The Hall–Kier alpha value is -0.770. The number of nitrogens with zero attached hydrogens (tertiary/aromatic N) is 1. The Kier molecular flexibility index (Phi) is 4.02. The molecule has 1 fully saturated rings. The Morgan fingerprint density at radius 1 is 1.54 bits per heavy atom. The van der Waals surface area contributed by atoms with E-state index in [-0.39, 0.29) is 0 Å². The smallest absolute Gasteiger partial charge is 0.407 e. The number of likely N-dealkylation sites (tertiary alicyclic amines) is 1. The van der Waals surface area contributed by atoms with Gasteiger partial charge in [-0.2, -0.15) is 0 Å². The Morgan fingerprint density at radius 2 is 2.23 bits per heavy atom. The first kappa shape index (κ1) is 10.3. The third-order valence-corrected chi connectivity index (χ3v) is 2.37. The molecule has 1 aliphatic heterocycles. The number of hydrogen-bond acceptors (Lipinski definition) is 2. The minimum Gasteiger partial charge on any atom is -0.465 e. The van der Waals surface area contributed by atoms with Gasteiger partial charge >= 0.3 is 6.09 Å². The minimum absolute atomic E-state index is 0.396. The van der Waals surface area contributed by atoms with Crippen LogP contribution in [0.3, 0.4) is 0 Å². The highest BCUT2D eigenvalue weighted by atomic mass is 16.4. The Morgan fingerprint density at radius 3 is 2.77 bits per heavy atom. The molecule has 1 amide bonds. The summed E-state index contributed by atoms with van der Waals surface area (Å²) in [7, 11) is 0.